The van der Waals surface area contributed by atoms with Gasteiger partial charge in [0.15, 0.2) is 0 Å². The number of aldehydes is 1. The molecule has 0 aliphatic carbocycles. The van der Waals surface area contributed by atoms with Crippen molar-refractivity contribution in [3.63, 3.8) is 0 Å². The molecule has 2 aromatic heterocycles. The van der Waals surface area contributed by atoms with Crippen LogP contribution >= 0.6 is 0 Å². The predicted octanol–water partition coefficient (Wildman–Crippen LogP) is 4.52. The highest BCUT2D eigenvalue weighted by atomic mass is 19.1. The molecular weight excluding hydrogens is 475 g/mol. The van der Waals surface area contributed by atoms with Crippen molar-refractivity contribution in [2.24, 2.45) is 0 Å². The summed E-state index contributed by atoms with van der Waals surface area (Å²) >= 11 is 0. The van der Waals surface area contributed by atoms with Crippen molar-refractivity contribution < 1.29 is 23.5 Å². The van der Waals surface area contributed by atoms with E-state index in [-0.39, 0.29) is 30.5 Å². The Bertz CT molecular complexity index is 1490. The lowest BCUT2D eigenvalue weighted by atomic mass is 9.76. The third-order valence-corrected chi connectivity index (χ3v) is 7.67. The Balaban J connectivity index is 1.68. The lowest BCUT2D eigenvalue weighted by Crippen LogP contribution is -2.45. The number of hydrogen-bond donors (Lipinski definition) is 0. The van der Waals surface area contributed by atoms with Gasteiger partial charge in [-0.25, -0.2) is 9.37 Å². The number of ether oxygens (including phenoxy) is 2. The van der Waals surface area contributed by atoms with Gasteiger partial charge in [-0.3, -0.25) is 9.59 Å². The molecule has 1 atom stereocenters. The van der Waals surface area contributed by atoms with Gasteiger partial charge in [0.2, 0.25) is 0 Å². The van der Waals surface area contributed by atoms with Crippen molar-refractivity contribution in [2.75, 3.05) is 6.61 Å². The summed E-state index contributed by atoms with van der Waals surface area (Å²) in [7, 11) is 0. The number of carbonyl (C=O) groups excluding carboxylic acids is 2. The van der Waals surface area contributed by atoms with Crippen LogP contribution in [0, 0.1) is 12.7 Å². The molecule has 0 unspecified atom stereocenters. The van der Waals surface area contributed by atoms with E-state index in [1.807, 2.05) is 19.9 Å². The Morgan fingerprint density at radius 2 is 2.00 bits per heavy atom. The molecule has 0 saturated carbocycles. The largest absolute Gasteiger partial charge is 0.460 e. The van der Waals surface area contributed by atoms with Gasteiger partial charge in [0.25, 0.3) is 5.56 Å². The van der Waals surface area contributed by atoms with Crippen molar-refractivity contribution in [3.8, 4) is 11.4 Å². The van der Waals surface area contributed by atoms with E-state index in [0.717, 1.165) is 35.8 Å². The van der Waals surface area contributed by atoms with E-state index >= 15 is 0 Å². The summed E-state index contributed by atoms with van der Waals surface area (Å²) < 4.78 is 27.2. The molecule has 2 aliphatic rings. The molecule has 2 aliphatic heterocycles. The summed E-state index contributed by atoms with van der Waals surface area (Å²) in [4.78, 5) is 43.3. The zero-order valence-electron chi connectivity index (χ0n) is 21.7. The van der Waals surface area contributed by atoms with E-state index in [9.17, 15) is 18.8 Å². The fourth-order valence-corrected chi connectivity index (χ4v) is 5.53. The lowest BCUT2D eigenvalue weighted by Gasteiger charge is -2.31. The van der Waals surface area contributed by atoms with Crippen molar-refractivity contribution in [3.05, 3.63) is 62.2 Å². The van der Waals surface area contributed by atoms with E-state index in [1.165, 1.54) is 6.07 Å². The maximum Gasteiger partial charge on any atom is 0.324 e. The summed E-state index contributed by atoms with van der Waals surface area (Å²) in [5, 5.41) is 0.877. The van der Waals surface area contributed by atoms with Gasteiger partial charge in [-0.05, 0) is 75.3 Å². The number of carbonyl (C=O) groups is 2. The Morgan fingerprint density at radius 3 is 2.70 bits per heavy atom. The number of aromatic nitrogens is 2. The molecule has 0 saturated heterocycles. The molecule has 0 N–H and O–H groups in total. The van der Waals surface area contributed by atoms with Crippen LogP contribution in [0.1, 0.15) is 67.9 Å². The topological polar surface area (TPSA) is 87.5 Å². The number of nitrogens with zero attached hydrogens (tertiary/aromatic N) is 2. The average Bonchev–Trinajstić information content (AvgIpc) is 3.23. The number of esters is 1. The number of hydrogen-bond acceptors (Lipinski definition) is 6. The molecule has 7 nitrogen and oxygen atoms in total. The smallest absolute Gasteiger partial charge is 0.324 e. The quantitative estimate of drug-likeness (QED) is 0.151. The van der Waals surface area contributed by atoms with E-state index in [4.69, 9.17) is 14.5 Å². The molecule has 5 rings (SSSR count). The maximum atomic E-state index is 14.6. The molecule has 0 fully saturated rings. The minimum absolute atomic E-state index is 0.165. The van der Waals surface area contributed by atoms with Gasteiger partial charge < -0.3 is 18.8 Å². The highest BCUT2D eigenvalue weighted by molar-refractivity contribution is 6.01. The minimum atomic E-state index is -1.52. The second-order valence-electron chi connectivity index (χ2n) is 10.2. The van der Waals surface area contributed by atoms with Crippen LogP contribution in [-0.2, 0) is 44.1 Å². The molecule has 37 heavy (non-hydrogen) atoms. The average molecular weight is 507 g/mol. The Labute approximate surface area is 214 Å². The fourth-order valence-electron chi connectivity index (χ4n) is 5.53. The maximum absolute atomic E-state index is 14.6. The molecule has 0 amide bonds. The van der Waals surface area contributed by atoms with Gasteiger partial charge in [-0.1, -0.05) is 6.92 Å². The lowest BCUT2D eigenvalue weighted by molar-refractivity contribution is -0.155. The molecule has 4 heterocycles. The van der Waals surface area contributed by atoms with Gasteiger partial charge in [0.1, 0.15) is 24.1 Å². The van der Waals surface area contributed by atoms with Crippen molar-refractivity contribution in [2.45, 2.75) is 78.0 Å². The van der Waals surface area contributed by atoms with Crippen LogP contribution in [0.25, 0.3) is 22.3 Å². The first-order chi connectivity index (χ1) is 17.7. The second kappa shape index (κ2) is 9.49. The Morgan fingerprint density at radius 1 is 1.22 bits per heavy atom. The van der Waals surface area contributed by atoms with E-state index in [2.05, 4.69) is 0 Å². The normalized spacial score (nSPS) is 18.1. The van der Waals surface area contributed by atoms with Crippen LogP contribution in [0.3, 0.4) is 0 Å². The second-order valence-corrected chi connectivity index (χ2v) is 10.2. The molecule has 8 heteroatoms. The number of benzene rings is 1. The van der Waals surface area contributed by atoms with E-state index < -0.39 is 11.4 Å². The van der Waals surface area contributed by atoms with Crippen molar-refractivity contribution in [1.82, 2.24) is 9.55 Å². The van der Waals surface area contributed by atoms with Gasteiger partial charge in [0, 0.05) is 23.6 Å². The van der Waals surface area contributed by atoms with E-state index in [0.29, 0.717) is 53.0 Å². The number of halogens is 1. The molecule has 0 radical (unpaired) electrons. The fraction of sp³-hybridized carbons (Fsp3) is 0.448. The zero-order chi connectivity index (χ0) is 26.5. The first kappa shape index (κ1) is 25.3. The number of pyridine rings is 2. The SMILES string of the molecule is CC[C@@]1(C=O)C(=O)OCc2c1cc1n(c2=O)Cc2c-1nc1cc(F)c(C)cc1c2CCCCOC(C)C. The van der Waals surface area contributed by atoms with Gasteiger partial charge in [-0.15, -0.1) is 0 Å². The summed E-state index contributed by atoms with van der Waals surface area (Å²) in [6.07, 6.45) is 3.39. The summed E-state index contributed by atoms with van der Waals surface area (Å²) in [5.74, 6) is -0.987. The van der Waals surface area contributed by atoms with Crippen LogP contribution in [0.5, 0.6) is 0 Å². The zero-order valence-corrected chi connectivity index (χ0v) is 21.7. The number of fused-ring (bicyclic) bond motifs is 5. The van der Waals surface area contributed by atoms with Gasteiger partial charge in [0.05, 0.1) is 35.1 Å². The molecule has 194 valence electrons. The van der Waals surface area contributed by atoms with Gasteiger partial charge in [-0.2, -0.15) is 0 Å². The van der Waals surface area contributed by atoms with Crippen molar-refractivity contribution >= 4 is 23.2 Å². The highest BCUT2D eigenvalue weighted by Crippen LogP contribution is 2.41. The molecule has 1 aromatic carbocycles. The number of cyclic esters (lactones) is 1. The summed E-state index contributed by atoms with van der Waals surface area (Å²) in [5.41, 5.74) is 3.05. The van der Waals surface area contributed by atoms with Gasteiger partial charge >= 0.3 is 5.97 Å². The number of rotatable bonds is 8. The molecule has 0 bridgehead atoms. The highest BCUT2D eigenvalue weighted by Gasteiger charge is 2.47. The van der Waals surface area contributed by atoms with Crippen LogP contribution < -0.4 is 5.56 Å². The van der Waals surface area contributed by atoms with Crippen LogP contribution in [0.2, 0.25) is 0 Å². The summed E-state index contributed by atoms with van der Waals surface area (Å²) in [6, 6.07) is 5.01. The number of unbranched alkanes of at least 4 members (excludes halogenated alkanes) is 1. The van der Waals surface area contributed by atoms with Crippen molar-refractivity contribution in [1.29, 1.82) is 0 Å². The third-order valence-electron chi connectivity index (χ3n) is 7.67. The van der Waals surface area contributed by atoms with Crippen LogP contribution in [0.15, 0.2) is 23.0 Å². The first-order valence-electron chi connectivity index (χ1n) is 12.9. The monoisotopic (exact) mass is 506 g/mol. The first-order valence-corrected chi connectivity index (χ1v) is 12.9. The molecule has 0 spiro atoms. The Hall–Kier alpha value is -3.39. The molecular formula is C29H31FN2O5. The minimum Gasteiger partial charge on any atom is -0.460 e. The third kappa shape index (κ3) is 3.98. The predicted molar refractivity (Wildman–Crippen MR) is 137 cm³/mol. The number of aryl methyl sites for hydroxylation is 2. The Kier molecular flexibility index (Phi) is 6.48. The van der Waals surface area contributed by atoms with E-state index in [1.54, 1.807) is 24.5 Å². The summed E-state index contributed by atoms with van der Waals surface area (Å²) in [6.45, 7) is 8.28. The molecule has 3 aromatic rings. The van der Waals surface area contributed by atoms with Crippen LogP contribution in [0.4, 0.5) is 4.39 Å². The van der Waals surface area contributed by atoms with Crippen LogP contribution in [-0.4, -0.2) is 34.5 Å². The standard InChI is InChI=1S/C29H31FN2O5/c1-5-29(15-33)22-11-25-26-20(13-32(25)27(34)21(22)14-37-28(29)35)18(8-6-7-9-36-16(2)3)19-10-17(4)23(30)12-24(19)31-26/h10-12,15-16H,5-9,13-14H2,1-4H3/t29-/m0/s1.